The van der Waals surface area contributed by atoms with Gasteiger partial charge in [0.1, 0.15) is 0 Å². The Kier molecular flexibility index (Phi) is 3.81. The second-order valence-corrected chi connectivity index (χ2v) is 4.37. The van der Waals surface area contributed by atoms with Crippen LogP contribution in [0, 0.1) is 0 Å². The van der Waals surface area contributed by atoms with Crippen LogP contribution in [0.3, 0.4) is 0 Å². The summed E-state index contributed by atoms with van der Waals surface area (Å²) in [6.45, 7) is 2.45. The molecule has 7 nitrogen and oxygen atoms in total. The highest BCUT2D eigenvalue weighted by atomic mass is 16.5. The fraction of sp³-hybridized carbons (Fsp3) is 0.727. The van der Waals surface area contributed by atoms with Crippen molar-refractivity contribution in [1.29, 1.82) is 0 Å². The van der Waals surface area contributed by atoms with E-state index in [4.69, 9.17) is 4.74 Å². The molecule has 100 valence electrons. The molecule has 3 N–H and O–H groups in total. The van der Waals surface area contributed by atoms with Crippen molar-refractivity contribution in [3.05, 3.63) is 0 Å². The van der Waals surface area contributed by atoms with E-state index >= 15 is 0 Å². The van der Waals surface area contributed by atoms with E-state index in [1.807, 2.05) is 6.92 Å². The largest absolute Gasteiger partial charge is 0.464 e. The molecule has 0 unspecified atom stereocenters. The molecule has 0 amide bonds. The first-order chi connectivity index (χ1) is 8.71. The molecule has 1 fully saturated rings. The van der Waals surface area contributed by atoms with Gasteiger partial charge in [-0.15, -0.1) is 0 Å². The van der Waals surface area contributed by atoms with Crippen molar-refractivity contribution in [3.63, 3.8) is 0 Å². The molecule has 0 radical (unpaired) electrons. The highest BCUT2D eigenvalue weighted by Gasteiger charge is 2.37. The molecule has 1 aliphatic rings. The Balaban J connectivity index is 2.18. The summed E-state index contributed by atoms with van der Waals surface area (Å²) in [6, 6.07) is 0.284. The van der Waals surface area contributed by atoms with Crippen LogP contribution >= 0.6 is 0 Å². The first kappa shape index (κ1) is 12.8. The zero-order valence-electron chi connectivity index (χ0n) is 10.7. The Hall–Kier alpha value is -1.63. The molecule has 2 rings (SSSR count). The van der Waals surface area contributed by atoms with Gasteiger partial charge in [0.15, 0.2) is 0 Å². The molecule has 0 spiro atoms. The molecular formula is C11H19N5O2. The number of aliphatic hydroxyl groups excluding tert-OH is 1. The van der Waals surface area contributed by atoms with E-state index in [9.17, 15) is 5.11 Å². The molecule has 0 atom stereocenters. The van der Waals surface area contributed by atoms with Crippen molar-refractivity contribution in [3.8, 4) is 6.01 Å². The van der Waals surface area contributed by atoms with E-state index < -0.39 is 0 Å². The van der Waals surface area contributed by atoms with Gasteiger partial charge in [-0.1, -0.05) is 0 Å². The average molecular weight is 253 g/mol. The number of nitrogens with zero attached hydrogens (tertiary/aromatic N) is 3. The van der Waals surface area contributed by atoms with Crippen LogP contribution in [-0.4, -0.2) is 45.9 Å². The van der Waals surface area contributed by atoms with Gasteiger partial charge in [0.05, 0.1) is 18.8 Å². The molecule has 18 heavy (non-hydrogen) atoms. The molecule has 1 aromatic rings. The summed E-state index contributed by atoms with van der Waals surface area (Å²) >= 11 is 0. The van der Waals surface area contributed by atoms with Crippen LogP contribution < -0.4 is 15.4 Å². The van der Waals surface area contributed by atoms with E-state index in [0.29, 0.717) is 18.5 Å². The second kappa shape index (κ2) is 5.34. The van der Waals surface area contributed by atoms with Gasteiger partial charge in [-0.25, -0.2) is 0 Å². The van der Waals surface area contributed by atoms with Crippen LogP contribution in [0.5, 0.6) is 6.01 Å². The summed E-state index contributed by atoms with van der Waals surface area (Å²) in [5.41, 5.74) is -0.282. The van der Waals surface area contributed by atoms with Crippen molar-refractivity contribution in [1.82, 2.24) is 15.0 Å². The average Bonchev–Trinajstić information content (AvgIpc) is 2.34. The zero-order chi connectivity index (χ0) is 13.0. The lowest BCUT2D eigenvalue weighted by Gasteiger charge is -2.40. The summed E-state index contributed by atoms with van der Waals surface area (Å²) in [4.78, 5) is 12.5. The Morgan fingerprint density at radius 3 is 2.50 bits per heavy atom. The first-order valence-corrected chi connectivity index (χ1v) is 6.17. The number of ether oxygens (including phenoxy) is 1. The maximum Gasteiger partial charge on any atom is 0.323 e. The van der Waals surface area contributed by atoms with Gasteiger partial charge in [-0.2, -0.15) is 15.0 Å². The molecule has 1 aromatic heterocycles. The minimum atomic E-state index is -0.282. The number of aromatic nitrogens is 3. The van der Waals surface area contributed by atoms with E-state index in [1.54, 1.807) is 7.05 Å². The van der Waals surface area contributed by atoms with Gasteiger partial charge in [0, 0.05) is 7.05 Å². The predicted molar refractivity (Wildman–Crippen MR) is 67.8 cm³/mol. The minimum Gasteiger partial charge on any atom is -0.464 e. The van der Waals surface area contributed by atoms with E-state index in [0.717, 1.165) is 19.3 Å². The number of aliphatic hydroxyl groups is 1. The summed E-state index contributed by atoms with van der Waals surface area (Å²) in [6.07, 6.45) is 2.96. The number of rotatable bonds is 6. The third-order valence-electron chi connectivity index (χ3n) is 3.10. The number of anilines is 2. The number of hydrogen-bond donors (Lipinski definition) is 3. The van der Waals surface area contributed by atoms with Crippen LogP contribution in [0.2, 0.25) is 0 Å². The quantitative estimate of drug-likeness (QED) is 0.685. The van der Waals surface area contributed by atoms with Gasteiger partial charge >= 0.3 is 6.01 Å². The number of hydrogen-bond acceptors (Lipinski definition) is 7. The Labute approximate surface area is 106 Å². The van der Waals surface area contributed by atoms with Crippen molar-refractivity contribution >= 4 is 11.9 Å². The SMILES string of the molecule is CCOc1nc(NC)nc(NC2(CO)CCC2)n1. The number of nitrogens with one attached hydrogen (secondary N) is 2. The van der Waals surface area contributed by atoms with Crippen LogP contribution in [0.25, 0.3) is 0 Å². The fourth-order valence-corrected chi connectivity index (χ4v) is 1.88. The van der Waals surface area contributed by atoms with Gasteiger partial charge in [-0.3, -0.25) is 0 Å². The standard InChI is InChI=1S/C11H19N5O2/c1-3-18-10-14-8(12-2)13-9(15-10)16-11(7-17)5-4-6-11/h17H,3-7H2,1-2H3,(H2,12,13,14,15,16). The Bertz CT molecular complexity index is 403. The molecule has 0 bridgehead atoms. The van der Waals surface area contributed by atoms with E-state index in [-0.39, 0.29) is 18.2 Å². The van der Waals surface area contributed by atoms with Crippen molar-refractivity contribution in [2.75, 3.05) is 30.9 Å². The summed E-state index contributed by atoms with van der Waals surface area (Å²) in [7, 11) is 1.74. The van der Waals surface area contributed by atoms with Gasteiger partial charge in [-0.05, 0) is 26.2 Å². The molecular weight excluding hydrogens is 234 g/mol. The summed E-state index contributed by atoms with van der Waals surface area (Å²) in [5.74, 6) is 0.884. The van der Waals surface area contributed by atoms with Gasteiger partial charge in [0.2, 0.25) is 11.9 Å². The lowest BCUT2D eigenvalue weighted by atomic mass is 9.77. The van der Waals surface area contributed by atoms with Crippen LogP contribution in [0.4, 0.5) is 11.9 Å². The minimum absolute atomic E-state index is 0.0809. The first-order valence-electron chi connectivity index (χ1n) is 6.17. The lowest BCUT2D eigenvalue weighted by molar-refractivity contribution is 0.143. The molecule has 7 heteroatoms. The molecule has 0 aromatic carbocycles. The van der Waals surface area contributed by atoms with Crippen molar-refractivity contribution in [2.24, 2.45) is 0 Å². The molecule has 0 saturated heterocycles. The van der Waals surface area contributed by atoms with E-state index in [2.05, 4.69) is 25.6 Å². The molecule has 1 saturated carbocycles. The summed E-state index contributed by atoms with van der Waals surface area (Å²) < 4.78 is 5.28. The fourth-order valence-electron chi connectivity index (χ4n) is 1.88. The Morgan fingerprint density at radius 2 is 2.00 bits per heavy atom. The highest BCUT2D eigenvalue weighted by molar-refractivity contribution is 5.38. The van der Waals surface area contributed by atoms with Crippen LogP contribution in [0.15, 0.2) is 0 Å². The summed E-state index contributed by atoms with van der Waals surface area (Å²) in [5, 5.41) is 15.5. The maximum absolute atomic E-state index is 9.42. The van der Waals surface area contributed by atoms with Crippen molar-refractivity contribution < 1.29 is 9.84 Å². The smallest absolute Gasteiger partial charge is 0.323 e. The van der Waals surface area contributed by atoms with Crippen molar-refractivity contribution in [2.45, 2.75) is 31.7 Å². The topological polar surface area (TPSA) is 92.2 Å². The van der Waals surface area contributed by atoms with Crippen LogP contribution in [0.1, 0.15) is 26.2 Å². The van der Waals surface area contributed by atoms with Crippen LogP contribution in [-0.2, 0) is 0 Å². The van der Waals surface area contributed by atoms with Gasteiger partial charge in [0.25, 0.3) is 0 Å². The Morgan fingerprint density at radius 1 is 1.28 bits per heavy atom. The molecule has 1 heterocycles. The molecule has 0 aliphatic heterocycles. The lowest BCUT2D eigenvalue weighted by Crippen LogP contribution is -2.48. The zero-order valence-corrected chi connectivity index (χ0v) is 10.7. The van der Waals surface area contributed by atoms with E-state index in [1.165, 1.54) is 0 Å². The van der Waals surface area contributed by atoms with Gasteiger partial charge < -0.3 is 20.5 Å². The predicted octanol–water partition coefficient (Wildman–Crippen LogP) is 0.639. The third kappa shape index (κ3) is 2.61. The monoisotopic (exact) mass is 253 g/mol. The second-order valence-electron chi connectivity index (χ2n) is 4.37. The maximum atomic E-state index is 9.42. The third-order valence-corrected chi connectivity index (χ3v) is 3.10. The highest BCUT2D eigenvalue weighted by Crippen LogP contribution is 2.34. The molecule has 1 aliphatic carbocycles. The normalized spacial score (nSPS) is 16.8.